The predicted octanol–water partition coefficient (Wildman–Crippen LogP) is 2.90. The molecule has 4 nitrogen and oxygen atoms in total. The predicted molar refractivity (Wildman–Crippen MR) is 81.7 cm³/mol. The zero-order valence-electron chi connectivity index (χ0n) is 12.5. The van der Waals surface area contributed by atoms with E-state index < -0.39 is 5.82 Å². The third kappa shape index (κ3) is 2.92. The quantitative estimate of drug-likeness (QED) is 0.934. The van der Waals surface area contributed by atoms with Crippen molar-refractivity contribution in [2.24, 2.45) is 5.92 Å². The van der Waals surface area contributed by atoms with Crippen molar-refractivity contribution in [3.63, 3.8) is 0 Å². The maximum absolute atomic E-state index is 13.6. The van der Waals surface area contributed by atoms with Gasteiger partial charge in [0, 0.05) is 25.0 Å². The Kier molecular flexibility index (Phi) is 4.28. The van der Waals surface area contributed by atoms with Crippen LogP contribution < -0.4 is 5.32 Å². The molecule has 1 amide bonds. The van der Waals surface area contributed by atoms with Gasteiger partial charge in [-0.3, -0.25) is 4.79 Å². The van der Waals surface area contributed by atoms with Gasteiger partial charge < -0.3 is 10.2 Å². The van der Waals surface area contributed by atoms with E-state index in [4.69, 9.17) is 5.26 Å². The molecule has 0 spiro atoms. The summed E-state index contributed by atoms with van der Waals surface area (Å²) in [7, 11) is 0. The van der Waals surface area contributed by atoms with Gasteiger partial charge in [0.15, 0.2) is 0 Å². The average Bonchev–Trinajstić information content (AvgIpc) is 3.18. The molecular formula is C17H20FN3O. The number of halogens is 1. The van der Waals surface area contributed by atoms with E-state index in [1.807, 2.05) is 11.0 Å². The van der Waals surface area contributed by atoms with E-state index in [0.717, 1.165) is 38.6 Å². The molecule has 2 fully saturated rings. The topological polar surface area (TPSA) is 56.1 Å². The van der Waals surface area contributed by atoms with Crippen LogP contribution in [0, 0.1) is 23.1 Å². The second kappa shape index (κ2) is 6.35. The van der Waals surface area contributed by atoms with E-state index >= 15 is 0 Å². The maximum Gasteiger partial charge on any atom is 0.225 e. The van der Waals surface area contributed by atoms with Crippen LogP contribution in [0.2, 0.25) is 0 Å². The van der Waals surface area contributed by atoms with Gasteiger partial charge in [-0.2, -0.15) is 5.26 Å². The van der Waals surface area contributed by atoms with Crippen LogP contribution in [-0.2, 0) is 4.79 Å². The number of anilines is 1. The number of nitriles is 1. The summed E-state index contributed by atoms with van der Waals surface area (Å²) in [5.74, 6) is -0.0477. The zero-order valence-corrected chi connectivity index (χ0v) is 12.5. The molecule has 3 rings (SSSR count). The zero-order chi connectivity index (χ0) is 15.5. The van der Waals surface area contributed by atoms with Crippen LogP contribution in [-0.4, -0.2) is 29.9 Å². The van der Waals surface area contributed by atoms with Gasteiger partial charge in [-0.05, 0) is 31.4 Å². The fraction of sp³-hybridized carbons (Fsp3) is 0.529. The number of benzene rings is 1. The number of rotatable bonds is 3. The third-order valence-electron chi connectivity index (χ3n) is 4.69. The van der Waals surface area contributed by atoms with Gasteiger partial charge in [-0.25, -0.2) is 4.39 Å². The first-order valence-electron chi connectivity index (χ1n) is 7.93. The van der Waals surface area contributed by atoms with Crippen LogP contribution in [0.3, 0.4) is 0 Å². The van der Waals surface area contributed by atoms with Crippen molar-refractivity contribution in [3.8, 4) is 6.07 Å². The highest BCUT2D eigenvalue weighted by atomic mass is 19.1. The van der Waals surface area contributed by atoms with Crippen molar-refractivity contribution >= 4 is 11.6 Å². The fourth-order valence-corrected chi connectivity index (χ4v) is 3.49. The lowest BCUT2D eigenvalue weighted by Gasteiger charge is -2.21. The SMILES string of the molecule is N#Cc1c(F)cccc1NC1CCN(C(=O)C2CCCC2)C1. The highest BCUT2D eigenvalue weighted by Crippen LogP contribution is 2.28. The van der Waals surface area contributed by atoms with Crippen molar-refractivity contribution in [2.45, 2.75) is 38.1 Å². The molecule has 1 atom stereocenters. The molecule has 2 aliphatic rings. The number of nitrogens with zero attached hydrogens (tertiary/aromatic N) is 2. The largest absolute Gasteiger partial charge is 0.379 e. The molecule has 1 saturated heterocycles. The number of hydrogen-bond acceptors (Lipinski definition) is 3. The van der Waals surface area contributed by atoms with Gasteiger partial charge in [0.1, 0.15) is 17.4 Å². The van der Waals surface area contributed by atoms with Gasteiger partial charge in [0.2, 0.25) is 5.91 Å². The summed E-state index contributed by atoms with van der Waals surface area (Å²) in [5, 5.41) is 12.3. The molecule has 1 N–H and O–H groups in total. The van der Waals surface area contributed by atoms with Gasteiger partial charge >= 0.3 is 0 Å². The van der Waals surface area contributed by atoms with E-state index in [0.29, 0.717) is 12.2 Å². The molecule has 1 aliphatic carbocycles. The monoisotopic (exact) mass is 301 g/mol. The highest BCUT2D eigenvalue weighted by molar-refractivity contribution is 5.79. The summed E-state index contributed by atoms with van der Waals surface area (Å²) in [5.41, 5.74) is 0.561. The van der Waals surface area contributed by atoms with E-state index in [-0.39, 0.29) is 23.4 Å². The first-order valence-corrected chi connectivity index (χ1v) is 7.93. The van der Waals surface area contributed by atoms with E-state index in [1.165, 1.54) is 6.07 Å². The Hall–Kier alpha value is -2.09. The Morgan fingerprint density at radius 2 is 2.09 bits per heavy atom. The third-order valence-corrected chi connectivity index (χ3v) is 4.69. The first kappa shape index (κ1) is 14.8. The smallest absolute Gasteiger partial charge is 0.225 e. The van der Waals surface area contributed by atoms with Crippen molar-refractivity contribution < 1.29 is 9.18 Å². The Labute approximate surface area is 129 Å². The van der Waals surface area contributed by atoms with Crippen molar-refractivity contribution in [1.82, 2.24) is 4.90 Å². The molecule has 22 heavy (non-hydrogen) atoms. The van der Waals surface area contributed by atoms with Crippen LogP contribution in [0.15, 0.2) is 18.2 Å². The lowest BCUT2D eigenvalue weighted by molar-refractivity contribution is -0.134. The first-order chi connectivity index (χ1) is 10.7. The molecule has 116 valence electrons. The standard InChI is InChI=1S/C17H20FN3O/c18-15-6-3-7-16(14(15)10-19)20-13-8-9-21(11-13)17(22)12-4-1-2-5-12/h3,6-7,12-13,20H,1-2,4-5,8-9,11H2. The summed E-state index contributed by atoms with van der Waals surface area (Å²) >= 11 is 0. The number of carbonyl (C=O) groups excluding carboxylic acids is 1. The lowest BCUT2D eigenvalue weighted by atomic mass is 10.1. The van der Waals surface area contributed by atoms with E-state index in [9.17, 15) is 9.18 Å². The number of hydrogen-bond donors (Lipinski definition) is 1. The van der Waals surface area contributed by atoms with Crippen molar-refractivity contribution in [2.75, 3.05) is 18.4 Å². The molecular weight excluding hydrogens is 281 g/mol. The second-order valence-electron chi connectivity index (χ2n) is 6.17. The minimum atomic E-state index is -0.510. The minimum Gasteiger partial charge on any atom is -0.379 e. The fourth-order valence-electron chi connectivity index (χ4n) is 3.49. The number of nitrogens with one attached hydrogen (secondary N) is 1. The minimum absolute atomic E-state index is 0.0445. The molecule has 1 heterocycles. The second-order valence-corrected chi connectivity index (χ2v) is 6.17. The molecule has 5 heteroatoms. The van der Waals surface area contributed by atoms with Gasteiger partial charge in [-0.1, -0.05) is 18.9 Å². The van der Waals surface area contributed by atoms with Gasteiger partial charge in [-0.15, -0.1) is 0 Å². The Morgan fingerprint density at radius 1 is 1.32 bits per heavy atom. The number of likely N-dealkylation sites (tertiary alicyclic amines) is 1. The molecule has 1 aliphatic heterocycles. The van der Waals surface area contributed by atoms with E-state index in [2.05, 4.69) is 5.32 Å². The van der Waals surface area contributed by atoms with Crippen LogP contribution >= 0.6 is 0 Å². The molecule has 1 saturated carbocycles. The Bertz CT molecular complexity index is 604. The van der Waals surface area contributed by atoms with Gasteiger partial charge in [0.05, 0.1) is 5.69 Å². The van der Waals surface area contributed by atoms with Gasteiger partial charge in [0.25, 0.3) is 0 Å². The summed E-state index contributed by atoms with van der Waals surface area (Å²) in [6, 6.07) is 6.57. The molecule has 1 aromatic rings. The summed E-state index contributed by atoms with van der Waals surface area (Å²) < 4.78 is 13.6. The normalized spacial score (nSPS) is 21.8. The lowest BCUT2D eigenvalue weighted by Crippen LogP contribution is -2.35. The van der Waals surface area contributed by atoms with Crippen LogP contribution in [0.4, 0.5) is 10.1 Å². The molecule has 1 aromatic carbocycles. The summed E-state index contributed by atoms with van der Waals surface area (Å²) in [6.45, 7) is 1.38. The van der Waals surface area contributed by atoms with Crippen LogP contribution in [0.25, 0.3) is 0 Å². The van der Waals surface area contributed by atoms with Crippen LogP contribution in [0.5, 0.6) is 0 Å². The Morgan fingerprint density at radius 3 is 2.82 bits per heavy atom. The number of carbonyl (C=O) groups is 1. The van der Waals surface area contributed by atoms with Crippen LogP contribution in [0.1, 0.15) is 37.7 Å². The number of amides is 1. The summed E-state index contributed by atoms with van der Waals surface area (Å²) in [4.78, 5) is 14.3. The molecule has 0 aromatic heterocycles. The van der Waals surface area contributed by atoms with Crippen molar-refractivity contribution in [3.05, 3.63) is 29.6 Å². The molecule has 0 radical (unpaired) electrons. The maximum atomic E-state index is 13.6. The van der Waals surface area contributed by atoms with Crippen molar-refractivity contribution in [1.29, 1.82) is 5.26 Å². The average molecular weight is 301 g/mol. The summed E-state index contributed by atoms with van der Waals surface area (Å²) in [6.07, 6.45) is 5.16. The molecule has 1 unspecified atom stereocenters. The van der Waals surface area contributed by atoms with E-state index in [1.54, 1.807) is 12.1 Å². The highest BCUT2D eigenvalue weighted by Gasteiger charge is 2.32. The molecule has 0 bridgehead atoms. The Balaban J connectivity index is 1.63.